The number of carbonyl (C=O) groups excluding carboxylic acids is 1. The molecule has 0 aliphatic carbocycles. The molecule has 0 unspecified atom stereocenters. The highest BCUT2D eigenvalue weighted by atomic mass is 16.2. The number of rotatable bonds is 7. The number of pyridine rings is 1. The van der Waals surface area contributed by atoms with Crippen molar-refractivity contribution in [2.75, 3.05) is 50.7 Å². The minimum atomic E-state index is 0.0818. The van der Waals surface area contributed by atoms with Gasteiger partial charge in [-0.1, -0.05) is 42.5 Å². The largest absolute Gasteiger partial charge is 0.354 e. The first-order chi connectivity index (χ1) is 13.7. The van der Waals surface area contributed by atoms with Gasteiger partial charge >= 0.3 is 0 Å². The molecule has 1 aromatic carbocycles. The van der Waals surface area contributed by atoms with Gasteiger partial charge in [0.25, 0.3) is 5.91 Å². The second-order valence-electron chi connectivity index (χ2n) is 6.98. The van der Waals surface area contributed by atoms with Crippen molar-refractivity contribution in [1.29, 1.82) is 0 Å². The van der Waals surface area contributed by atoms with Crippen molar-refractivity contribution in [3.05, 3.63) is 65.9 Å². The Labute approximate surface area is 168 Å². The van der Waals surface area contributed by atoms with Gasteiger partial charge in [-0.25, -0.2) is 4.98 Å². The monoisotopic (exact) mass is 378 g/mol. The molecular formula is C23H30N4O. The number of amides is 1. The number of hydrogen-bond acceptors (Lipinski definition) is 4. The number of piperazine rings is 1. The van der Waals surface area contributed by atoms with Crippen molar-refractivity contribution in [1.82, 2.24) is 14.8 Å². The molecule has 1 aliphatic rings. The summed E-state index contributed by atoms with van der Waals surface area (Å²) in [6.45, 7) is 10.3. The molecule has 28 heavy (non-hydrogen) atoms. The summed E-state index contributed by atoms with van der Waals surface area (Å²) in [5.41, 5.74) is 1.96. The third-order valence-electron chi connectivity index (χ3n) is 5.21. The Morgan fingerprint density at radius 2 is 1.79 bits per heavy atom. The van der Waals surface area contributed by atoms with Crippen molar-refractivity contribution in [3.8, 4) is 0 Å². The predicted octanol–water partition coefficient (Wildman–Crippen LogP) is 3.40. The van der Waals surface area contributed by atoms with Crippen LogP contribution in [0.1, 0.15) is 29.8 Å². The van der Waals surface area contributed by atoms with Gasteiger partial charge in [0.05, 0.1) is 0 Å². The molecule has 1 aliphatic heterocycles. The maximum absolute atomic E-state index is 12.6. The Balaban J connectivity index is 1.54. The summed E-state index contributed by atoms with van der Waals surface area (Å²) in [4.78, 5) is 23.7. The fraction of sp³-hybridized carbons (Fsp3) is 0.391. The van der Waals surface area contributed by atoms with Crippen molar-refractivity contribution < 1.29 is 4.79 Å². The Bertz CT molecular complexity index is 778. The van der Waals surface area contributed by atoms with Crippen LogP contribution in [0.5, 0.6) is 0 Å². The molecule has 1 fully saturated rings. The highest BCUT2D eigenvalue weighted by Crippen LogP contribution is 2.16. The normalized spacial score (nSPS) is 15.1. The number of carbonyl (C=O) groups is 1. The van der Waals surface area contributed by atoms with Crippen LogP contribution in [0.2, 0.25) is 0 Å². The molecule has 1 amide bonds. The highest BCUT2D eigenvalue weighted by molar-refractivity contribution is 5.94. The van der Waals surface area contributed by atoms with Crippen molar-refractivity contribution in [2.24, 2.45) is 0 Å². The Kier molecular flexibility index (Phi) is 7.20. The van der Waals surface area contributed by atoms with E-state index in [2.05, 4.69) is 51.2 Å². The average molecular weight is 379 g/mol. The van der Waals surface area contributed by atoms with E-state index < -0.39 is 0 Å². The number of nitrogens with zero attached hydrogens (tertiary/aromatic N) is 4. The molecule has 0 bridgehead atoms. The lowest BCUT2D eigenvalue weighted by molar-refractivity contribution is 0.0773. The summed E-state index contributed by atoms with van der Waals surface area (Å²) < 4.78 is 0. The zero-order valence-electron chi connectivity index (χ0n) is 16.9. The van der Waals surface area contributed by atoms with Gasteiger partial charge < -0.3 is 9.80 Å². The highest BCUT2D eigenvalue weighted by Gasteiger charge is 2.19. The van der Waals surface area contributed by atoms with Gasteiger partial charge in [0.1, 0.15) is 5.82 Å². The second kappa shape index (κ2) is 10.0. The number of aromatic nitrogens is 1. The first kappa shape index (κ1) is 20.1. The molecule has 5 heteroatoms. The lowest BCUT2D eigenvalue weighted by atomic mass is 10.2. The SMILES string of the molecule is CCN(CC)C(=O)c1ccnc(N2CCN(C/C=C/c3ccccc3)CC2)c1. The molecular weight excluding hydrogens is 348 g/mol. The molecule has 0 N–H and O–H groups in total. The fourth-order valence-corrected chi connectivity index (χ4v) is 3.48. The first-order valence-electron chi connectivity index (χ1n) is 10.2. The van der Waals surface area contributed by atoms with Crippen molar-refractivity contribution >= 4 is 17.8 Å². The standard InChI is InChI=1S/C23H30N4O/c1-3-26(4-2)23(28)21-12-13-24-22(19-21)27-17-15-25(16-18-27)14-8-11-20-9-6-5-7-10-20/h5-13,19H,3-4,14-18H2,1-2H3/b11-8+. The van der Waals surface area contributed by atoms with E-state index in [0.29, 0.717) is 0 Å². The van der Waals surface area contributed by atoms with E-state index in [0.717, 1.165) is 57.2 Å². The Hall–Kier alpha value is -2.66. The van der Waals surface area contributed by atoms with Gasteiger partial charge in [0.2, 0.25) is 0 Å². The van der Waals surface area contributed by atoms with Crippen LogP contribution in [-0.2, 0) is 0 Å². The molecule has 1 saturated heterocycles. The van der Waals surface area contributed by atoms with Crippen LogP contribution >= 0.6 is 0 Å². The van der Waals surface area contributed by atoms with Crippen molar-refractivity contribution in [3.63, 3.8) is 0 Å². The molecule has 2 heterocycles. The van der Waals surface area contributed by atoms with Crippen LogP contribution in [-0.4, -0.2) is 66.5 Å². The van der Waals surface area contributed by atoms with Gasteiger partial charge in [-0.2, -0.15) is 0 Å². The van der Waals surface area contributed by atoms with Gasteiger partial charge in [-0.15, -0.1) is 0 Å². The van der Waals surface area contributed by atoms with Crippen LogP contribution in [0.4, 0.5) is 5.82 Å². The summed E-state index contributed by atoms with van der Waals surface area (Å²) in [6.07, 6.45) is 6.16. The second-order valence-corrected chi connectivity index (χ2v) is 6.98. The minimum absolute atomic E-state index is 0.0818. The Morgan fingerprint density at radius 1 is 1.07 bits per heavy atom. The molecule has 2 aromatic rings. The fourth-order valence-electron chi connectivity index (χ4n) is 3.48. The van der Waals surface area contributed by atoms with Gasteiger partial charge in [0.15, 0.2) is 0 Å². The maximum Gasteiger partial charge on any atom is 0.254 e. The van der Waals surface area contributed by atoms with Crippen LogP contribution < -0.4 is 4.90 Å². The van der Waals surface area contributed by atoms with Crippen LogP contribution in [0.3, 0.4) is 0 Å². The molecule has 1 aromatic heterocycles. The number of hydrogen-bond donors (Lipinski definition) is 0. The first-order valence-corrected chi connectivity index (χ1v) is 10.2. The molecule has 0 radical (unpaired) electrons. The van der Waals surface area contributed by atoms with Crippen molar-refractivity contribution in [2.45, 2.75) is 13.8 Å². The maximum atomic E-state index is 12.6. The quantitative estimate of drug-likeness (QED) is 0.740. The van der Waals surface area contributed by atoms with E-state index in [1.165, 1.54) is 5.56 Å². The average Bonchev–Trinajstić information content (AvgIpc) is 2.76. The zero-order valence-corrected chi connectivity index (χ0v) is 16.9. The molecule has 0 atom stereocenters. The van der Waals surface area contributed by atoms with E-state index in [9.17, 15) is 4.79 Å². The van der Waals surface area contributed by atoms with Crippen LogP contribution in [0.15, 0.2) is 54.7 Å². The molecule has 0 saturated carbocycles. The summed E-state index contributed by atoms with van der Waals surface area (Å²) in [5.74, 6) is 0.982. The zero-order chi connectivity index (χ0) is 19.8. The number of benzene rings is 1. The Morgan fingerprint density at radius 3 is 2.46 bits per heavy atom. The summed E-state index contributed by atoms with van der Waals surface area (Å²) in [6, 6.07) is 14.1. The van der Waals surface area contributed by atoms with Crippen LogP contribution in [0, 0.1) is 0 Å². The van der Waals surface area contributed by atoms with E-state index in [4.69, 9.17) is 0 Å². The predicted molar refractivity (Wildman–Crippen MR) is 116 cm³/mol. The molecule has 148 valence electrons. The third-order valence-corrected chi connectivity index (χ3v) is 5.21. The lowest BCUT2D eigenvalue weighted by Crippen LogP contribution is -2.46. The summed E-state index contributed by atoms with van der Waals surface area (Å²) in [5, 5.41) is 0. The molecule has 0 spiro atoms. The van der Waals surface area contributed by atoms with E-state index in [1.54, 1.807) is 6.20 Å². The summed E-state index contributed by atoms with van der Waals surface area (Å²) >= 11 is 0. The van der Waals surface area contributed by atoms with Gasteiger partial charge in [-0.3, -0.25) is 9.69 Å². The summed E-state index contributed by atoms with van der Waals surface area (Å²) in [7, 11) is 0. The van der Waals surface area contributed by atoms with E-state index in [1.807, 2.05) is 36.9 Å². The lowest BCUT2D eigenvalue weighted by Gasteiger charge is -2.35. The van der Waals surface area contributed by atoms with Gasteiger partial charge in [-0.05, 0) is 31.5 Å². The van der Waals surface area contributed by atoms with E-state index in [-0.39, 0.29) is 5.91 Å². The minimum Gasteiger partial charge on any atom is -0.354 e. The van der Waals surface area contributed by atoms with Gasteiger partial charge in [0, 0.05) is 57.6 Å². The third kappa shape index (κ3) is 5.20. The topological polar surface area (TPSA) is 39.7 Å². The number of anilines is 1. The molecule has 5 nitrogen and oxygen atoms in total. The smallest absolute Gasteiger partial charge is 0.254 e. The molecule has 3 rings (SSSR count). The van der Waals surface area contributed by atoms with Crippen LogP contribution in [0.25, 0.3) is 6.08 Å². The van der Waals surface area contributed by atoms with E-state index >= 15 is 0 Å².